The molecular formula is C15H14FNO3S. The molecule has 0 radical (unpaired) electrons. The van der Waals surface area contributed by atoms with Gasteiger partial charge in [0.05, 0.1) is 18.8 Å². The minimum atomic E-state index is -0.802. The molecule has 110 valence electrons. The number of thiophene rings is 1. The van der Waals surface area contributed by atoms with Crippen LogP contribution in [0, 0.1) is 17.1 Å². The predicted octanol–water partition coefficient (Wildman–Crippen LogP) is 2.72. The first-order valence-electron chi connectivity index (χ1n) is 6.29. The van der Waals surface area contributed by atoms with E-state index in [1.165, 1.54) is 12.1 Å². The van der Waals surface area contributed by atoms with Crippen molar-refractivity contribution in [2.75, 3.05) is 13.2 Å². The van der Waals surface area contributed by atoms with Crippen LogP contribution in [0.15, 0.2) is 35.7 Å². The maximum atomic E-state index is 13.3. The summed E-state index contributed by atoms with van der Waals surface area (Å²) in [4.78, 5) is 1.08. The van der Waals surface area contributed by atoms with E-state index in [9.17, 15) is 9.50 Å². The molecule has 0 aliphatic heterocycles. The summed E-state index contributed by atoms with van der Waals surface area (Å²) < 4.78 is 24.0. The summed E-state index contributed by atoms with van der Waals surface area (Å²) in [5.74, 6) is -0.373. The Morgan fingerprint density at radius 1 is 1.33 bits per heavy atom. The molecule has 21 heavy (non-hydrogen) atoms. The van der Waals surface area contributed by atoms with Gasteiger partial charge in [-0.15, -0.1) is 11.3 Å². The Morgan fingerprint density at radius 2 is 2.19 bits per heavy atom. The lowest BCUT2D eigenvalue weighted by atomic mass is 10.2. The quantitative estimate of drug-likeness (QED) is 0.854. The van der Waals surface area contributed by atoms with Gasteiger partial charge in [-0.05, 0) is 23.6 Å². The Kier molecular flexibility index (Phi) is 5.69. The highest BCUT2D eigenvalue weighted by Gasteiger charge is 2.08. The molecule has 0 saturated heterocycles. The fraction of sp³-hybridized carbons (Fsp3) is 0.267. The average molecular weight is 307 g/mol. The van der Waals surface area contributed by atoms with Gasteiger partial charge in [-0.3, -0.25) is 0 Å². The van der Waals surface area contributed by atoms with Crippen LogP contribution >= 0.6 is 11.3 Å². The standard InChI is InChI=1S/C15H14FNO3S/c16-15-6-13(4-3-11(15)7-17)20-9-12(18)8-19-10-14-2-1-5-21-14/h1-6,12,18H,8-10H2. The molecule has 6 heteroatoms. The molecule has 0 amide bonds. The highest BCUT2D eigenvalue weighted by molar-refractivity contribution is 7.09. The Bertz CT molecular complexity index is 610. The lowest BCUT2D eigenvalue weighted by Gasteiger charge is -2.12. The van der Waals surface area contributed by atoms with Crippen molar-refractivity contribution in [3.8, 4) is 11.8 Å². The first-order chi connectivity index (χ1) is 10.2. The minimum Gasteiger partial charge on any atom is -0.491 e. The summed E-state index contributed by atoms with van der Waals surface area (Å²) in [6.07, 6.45) is -0.802. The van der Waals surface area contributed by atoms with Crippen LogP contribution in [0.5, 0.6) is 5.75 Å². The molecule has 1 atom stereocenters. The van der Waals surface area contributed by atoms with Crippen molar-refractivity contribution < 1.29 is 19.0 Å². The number of hydrogen-bond acceptors (Lipinski definition) is 5. The van der Waals surface area contributed by atoms with Gasteiger partial charge < -0.3 is 14.6 Å². The summed E-state index contributed by atoms with van der Waals surface area (Å²) in [6.45, 7) is 0.576. The monoisotopic (exact) mass is 307 g/mol. The zero-order valence-corrected chi connectivity index (χ0v) is 12.0. The van der Waals surface area contributed by atoms with Gasteiger partial charge in [-0.25, -0.2) is 4.39 Å². The van der Waals surface area contributed by atoms with Gasteiger partial charge in [0, 0.05) is 10.9 Å². The maximum absolute atomic E-state index is 13.3. The fourth-order valence-corrected chi connectivity index (χ4v) is 2.25. The van der Waals surface area contributed by atoms with E-state index in [0.717, 1.165) is 10.9 Å². The minimum absolute atomic E-state index is 0.00419. The van der Waals surface area contributed by atoms with E-state index < -0.39 is 11.9 Å². The number of nitrogens with zero attached hydrogens (tertiary/aromatic N) is 1. The second-order valence-electron chi connectivity index (χ2n) is 4.31. The zero-order chi connectivity index (χ0) is 15.1. The molecule has 2 rings (SSSR count). The van der Waals surface area contributed by atoms with Gasteiger partial charge in [0.15, 0.2) is 0 Å². The molecule has 0 bridgehead atoms. The smallest absolute Gasteiger partial charge is 0.144 e. The predicted molar refractivity (Wildman–Crippen MR) is 76.6 cm³/mol. The van der Waals surface area contributed by atoms with E-state index in [2.05, 4.69) is 0 Å². The largest absolute Gasteiger partial charge is 0.491 e. The number of benzene rings is 1. The number of aliphatic hydroxyl groups is 1. The van der Waals surface area contributed by atoms with Crippen LogP contribution < -0.4 is 4.74 Å². The number of halogens is 1. The third-order valence-corrected chi connectivity index (χ3v) is 3.49. The zero-order valence-electron chi connectivity index (χ0n) is 11.2. The van der Waals surface area contributed by atoms with Crippen LogP contribution in [-0.4, -0.2) is 24.4 Å². The average Bonchev–Trinajstić information content (AvgIpc) is 2.98. The molecule has 2 aromatic rings. The van der Waals surface area contributed by atoms with Crippen LogP contribution in [-0.2, 0) is 11.3 Å². The number of rotatable bonds is 7. The Morgan fingerprint density at radius 3 is 2.86 bits per heavy atom. The van der Waals surface area contributed by atoms with E-state index in [0.29, 0.717) is 6.61 Å². The Hall–Kier alpha value is -1.94. The van der Waals surface area contributed by atoms with Crippen LogP contribution in [0.3, 0.4) is 0 Å². The Labute approximate surface area is 126 Å². The first-order valence-corrected chi connectivity index (χ1v) is 7.17. The van der Waals surface area contributed by atoms with Crippen molar-refractivity contribution in [3.05, 3.63) is 52.0 Å². The normalized spacial score (nSPS) is 11.9. The summed E-state index contributed by atoms with van der Waals surface area (Å²) in [5.41, 5.74) is -0.0396. The number of ether oxygens (including phenoxy) is 2. The topological polar surface area (TPSA) is 62.5 Å². The third-order valence-electron chi connectivity index (χ3n) is 2.64. The van der Waals surface area contributed by atoms with Gasteiger partial charge in [0.25, 0.3) is 0 Å². The molecule has 0 saturated carbocycles. The summed E-state index contributed by atoms with van der Waals surface area (Å²) in [5, 5.41) is 20.3. The lowest BCUT2D eigenvalue weighted by molar-refractivity contribution is 0.00620. The van der Waals surface area contributed by atoms with Gasteiger partial charge in [0.2, 0.25) is 0 Å². The second kappa shape index (κ2) is 7.74. The second-order valence-corrected chi connectivity index (χ2v) is 5.35. The first kappa shape index (κ1) is 15.4. The van der Waals surface area contributed by atoms with Gasteiger partial charge in [0.1, 0.15) is 30.3 Å². The van der Waals surface area contributed by atoms with Crippen LogP contribution in [0.2, 0.25) is 0 Å². The molecule has 0 aliphatic carbocycles. The summed E-state index contributed by atoms with van der Waals surface area (Å²) >= 11 is 1.58. The molecule has 0 fully saturated rings. The van der Waals surface area contributed by atoms with Crippen LogP contribution in [0.4, 0.5) is 4.39 Å². The number of hydrogen-bond donors (Lipinski definition) is 1. The molecule has 1 N–H and O–H groups in total. The van der Waals surface area contributed by atoms with Crippen molar-refractivity contribution in [2.45, 2.75) is 12.7 Å². The maximum Gasteiger partial charge on any atom is 0.144 e. The molecule has 0 spiro atoms. The molecule has 1 heterocycles. The van der Waals surface area contributed by atoms with Gasteiger partial charge in [-0.2, -0.15) is 5.26 Å². The van der Waals surface area contributed by atoms with E-state index >= 15 is 0 Å². The molecule has 4 nitrogen and oxygen atoms in total. The van der Waals surface area contributed by atoms with Crippen LogP contribution in [0.1, 0.15) is 10.4 Å². The highest BCUT2D eigenvalue weighted by Crippen LogP contribution is 2.16. The molecule has 0 aliphatic rings. The fourth-order valence-electron chi connectivity index (χ4n) is 1.61. The number of aliphatic hydroxyl groups excluding tert-OH is 1. The van der Waals surface area contributed by atoms with E-state index in [1.54, 1.807) is 17.4 Å². The molecule has 1 unspecified atom stereocenters. The van der Waals surface area contributed by atoms with E-state index in [-0.39, 0.29) is 24.5 Å². The number of nitriles is 1. The SMILES string of the molecule is N#Cc1ccc(OCC(O)COCc2cccs2)cc1F. The van der Waals surface area contributed by atoms with Crippen molar-refractivity contribution in [1.82, 2.24) is 0 Å². The summed E-state index contributed by atoms with van der Waals surface area (Å²) in [6, 6.07) is 9.56. The molecule has 1 aromatic carbocycles. The van der Waals surface area contributed by atoms with E-state index in [4.69, 9.17) is 14.7 Å². The third kappa shape index (κ3) is 4.83. The van der Waals surface area contributed by atoms with Crippen molar-refractivity contribution in [1.29, 1.82) is 5.26 Å². The highest BCUT2D eigenvalue weighted by atomic mass is 32.1. The van der Waals surface area contributed by atoms with Crippen molar-refractivity contribution in [2.24, 2.45) is 0 Å². The van der Waals surface area contributed by atoms with Gasteiger partial charge >= 0.3 is 0 Å². The van der Waals surface area contributed by atoms with Crippen LogP contribution in [0.25, 0.3) is 0 Å². The van der Waals surface area contributed by atoms with Crippen molar-refractivity contribution in [3.63, 3.8) is 0 Å². The van der Waals surface area contributed by atoms with Gasteiger partial charge in [-0.1, -0.05) is 6.07 Å². The molecular weight excluding hydrogens is 293 g/mol. The van der Waals surface area contributed by atoms with Crippen molar-refractivity contribution >= 4 is 11.3 Å². The lowest BCUT2D eigenvalue weighted by Crippen LogP contribution is -2.23. The summed E-state index contributed by atoms with van der Waals surface area (Å²) in [7, 11) is 0. The molecule has 1 aromatic heterocycles. The van der Waals surface area contributed by atoms with E-state index in [1.807, 2.05) is 17.5 Å². The Balaban J connectivity index is 1.72.